The Labute approximate surface area is 134 Å². The number of aromatic amines is 1. The summed E-state index contributed by atoms with van der Waals surface area (Å²) in [6.07, 6.45) is 3.77. The summed E-state index contributed by atoms with van der Waals surface area (Å²) in [5.74, 6) is 0.980. The maximum Gasteiger partial charge on any atom is 0.256 e. The number of hydrogen-bond acceptors (Lipinski definition) is 3. The molecule has 2 aromatic rings. The maximum atomic E-state index is 12.4. The Morgan fingerprint density at radius 2 is 2.00 bits per heavy atom. The Kier molecular flexibility index (Phi) is 3.48. The first-order valence-corrected chi connectivity index (χ1v) is 8.18. The van der Waals surface area contributed by atoms with Gasteiger partial charge in [-0.3, -0.25) is 9.59 Å². The Morgan fingerprint density at radius 1 is 1.22 bits per heavy atom. The third-order valence-electron chi connectivity index (χ3n) is 4.88. The summed E-state index contributed by atoms with van der Waals surface area (Å²) >= 11 is 0. The van der Waals surface area contributed by atoms with Crippen molar-refractivity contribution in [3.8, 4) is 11.4 Å². The van der Waals surface area contributed by atoms with Gasteiger partial charge in [-0.1, -0.05) is 36.8 Å². The lowest BCUT2D eigenvalue weighted by molar-refractivity contribution is -0.139. The number of nitrogens with one attached hydrogen (secondary N) is 1. The minimum Gasteiger partial charge on any atom is -0.337 e. The monoisotopic (exact) mass is 309 g/mol. The van der Waals surface area contributed by atoms with Gasteiger partial charge in [-0.15, -0.1) is 0 Å². The zero-order chi connectivity index (χ0) is 15.8. The van der Waals surface area contributed by atoms with Gasteiger partial charge in [-0.25, -0.2) is 4.98 Å². The molecule has 23 heavy (non-hydrogen) atoms. The highest BCUT2D eigenvalue weighted by Gasteiger charge is 2.32. The van der Waals surface area contributed by atoms with Crippen molar-refractivity contribution in [3.63, 3.8) is 0 Å². The van der Waals surface area contributed by atoms with Gasteiger partial charge in [-0.2, -0.15) is 0 Å². The molecule has 0 radical (unpaired) electrons. The molecule has 1 saturated carbocycles. The van der Waals surface area contributed by atoms with E-state index < -0.39 is 0 Å². The molecule has 1 aliphatic carbocycles. The molecule has 1 aromatic heterocycles. The zero-order valence-corrected chi connectivity index (χ0v) is 12.9. The van der Waals surface area contributed by atoms with Crippen LogP contribution in [0.3, 0.4) is 0 Å². The van der Waals surface area contributed by atoms with Crippen molar-refractivity contribution >= 4 is 5.91 Å². The van der Waals surface area contributed by atoms with Crippen LogP contribution < -0.4 is 5.56 Å². The van der Waals surface area contributed by atoms with Crippen LogP contribution in [-0.2, 0) is 17.8 Å². The van der Waals surface area contributed by atoms with E-state index >= 15 is 0 Å². The van der Waals surface area contributed by atoms with Crippen molar-refractivity contribution in [2.45, 2.75) is 32.2 Å². The first-order chi connectivity index (χ1) is 11.2. The van der Waals surface area contributed by atoms with Gasteiger partial charge in [0.05, 0.1) is 17.8 Å². The van der Waals surface area contributed by atoms with Crippen LogP contribution in [0.5, 0.6) is 0 Å². The van der Waals surface area contributed by atoms with E-state index in [0.717, 1.165) is 30.5 Å². The molecule has 0 atom stereocenters. The van der Waals surface area contributed by atoms with Crippen LogP contribution in [0.1, 0.15) is 30.5 Å². The van der Waals surface area contributed by atoms with Crippen LogP contribution in [0.15, 0.2) is 35.1 Å². The predicted molar refractivity (Wildman–Crippen MR) is 86.8 cm³/mol. The number of fused-ring (bicyclic) bond motifs is 1. The number of carbonyl (C=O) groups is 1. The van der Waals surface area contributed by atoms with E-state index in [-0.39, 0.29) is 17.4 Å². The lowest BCUT2D eigenvalue weighted by atomic mass is 9.84. The van der Waals surface area contributed by atoms with E-state index in [4.69, 9.17) is 0 Å². The van der Waals surface area contributed by atoms with Gasteiger partial charge in [0.25, 0.3) is 5.56 Å². The van der Waals surface area contributed by atoms with Gasteiger partial charge in [-0.05, 0) is 12.8 Å². The molecule has 1 aliphatic heterocycles. The fourth-order valence-electron chi connectivity index (χ4n) is 3.26. The highest BCUT2D eigenvalue weighted by Crippen LogP contribution is 2.29. The molecule has 2 aliphatic rings. The number of hydrogen-bond donors (Lipinski definition) is 1. The smallest absolute Gasteiger partial charge is 0.256 e. The van der Waals surface area contributed by atoms with Crippen LogP contribution in [0.4, 0.5) is 0 Å². The Morgan fingerprint density at radius 3 is 2.70 bits per heavy atom. The van der Waals surface area contributed by atoms with Crippen LogP contribution in [-0.4, -0.2) is 27.3 Å². The molecule has 2 heterocycles. The summed E-state index contributed by atoms with van der Waals surface area (Å²) in [4.78, 5) is 34.1. The van der Waals surface area contributed by atoms with Crippen molar-refractivity contribution < 1.29 is 4.79 Å². The number of benzene rings is 1. The van der Waals surface area contributed by atoms with Gasteiger partial charge in [0.15, 0.2) is 0 Å². The van der Waals surface area contributed by atoms with E-state index in [1.807, 2.05) is 35.2 Å². The molecular formula is C18H19N3O2. The van der Waals surface area contributed by atoms with Gasteiger partial charge < -0.3 is 9.88 Å². The molecule has 0 unspecified atom stereocenters. The van der Waals surface area contributed by atoms with E-state index in [2.05, 4.69) is 9.97 Å². The quantitative estimate of drug-likeness (QED) is 0.924. The molecule has 1 amide bonds. The fraction of sp³-hybridized carbons (Fsp3) is 0.389. The fourth-order valence-corrected chi connectivity index (χ4v) is 3.26. The van der Waals surface area contributed by atoms with Crippen LogP contribution >= 0.6 is 0 Å². The van der Waals surface area contributed by atoms with Gasteiger partial charge in [0.1, 0.15) is 5.82 Å². The molecular weight excluding hydrogens is 290 g/mol. The van der Waals surface area contributed by atoms with Gasteiger partial charge in [0.2, 0.25) is 5.91 Å². The molecule has 5 nitrogen and oxygen atoms in total. The topological polar surface area (TPSA) is 66.1 Å². The average molecular weight is 309 g/mol. The molecule has 118 valence electrons. The molecule has 4 rings (SSSR count). The third kappa shape index (κ3) is 2.56. The predicted octanol–water partition coefficient (Wildman–Crippen LogP) is 2.12. The zero-order valence-electron chi connectivity index (χ0n) is 12.9. The Hall–Kier alpha value is -2.43. The van der Waals surface area contributed by atoms with Crippen LogP contribution in [0, 0.1) is 5.92 Å². The second kappa shape index (κ2) is 5.65. The SMILES string of the molecule is O=C(C1CCC1)N1CCc2nc(-c3ccccc3)[nH]c(=O)c2C1. The summed E-state index contributed by atoms with van der Waals surface area (Å²) in [6, 6.07) is 9.64. The Bertz CT molecular complexity index is 794. The highest BCUT2D eigenvalue weighted by atomic mass is 16.2. The number of amides is 1. The minimum absolute atomic E-state index is 0.125. The molecule has 0 bridgehead atoms. The summed E-state index contributed by atoms with van der Waals surface area (Å²) in [7, 11) is 0. The standard InChI is InChI=1S/C18H19N3O2/c22-17-14-11-21(18(23)13-7-4-8-13)10-9-15(14)19-16(20-17)12-5-2-1-3-6-12/h1-3,5-6,13H,4,7-11H2,(H,19,20,22). The normalized spacial score (nSPS) is 17.5. The summed E-state index contributed by atoms with van der Waals surface area (Å²) in [5.41, 5.74) is 2.24. The first kappa shape index (κ1) is 14.2. The van der Waals surface area contributed by atoms with Crippen LogP contribution in [0.2, 0.25) is 0 Å². The number of nitrogens with zero attached hydrogens (tertiary/aromatic N) is 2. The van der Waals surface area contributed by atoms with E-state index in [1.165, 1.54) is 0 Å². The molecule has 0 spiro atoms. The first-order valence-electron chi connectivity index (χ1n) is 8.18. The summed E-state index contributed by atoms with van der Waals surface area (Å²) in [5, 5.41) is 0. The second-order valence-corrected chi connectivity index (χ2v) is 6.34. The lowest BCUT2D eigenvalue weighted by Crippen LogP contribution is -2.43. The van der Waals surface area contributed by atoms with Crippen molar-refractivity contribution in [3.05, 3.63) is 51.9 Å². The van der Waals surface area contributed by atoms with Gasteiger partial charge in [0, 0.05) is 24.4 Å². The number of carbonyl (C=O) groups excluding carboxylic acids is 1. The lowest BCUT2D eigenvalue weighted by Gasteiger charge is -2.34. The van der Waals surface area contributed by atoms with E-state index in [0.29, 0.717) is 30.9 Å². The number of aromatic nitrogens is 2. The molecule has 0 saturated heterocycles. The molecule has 1 aromatic carbocycles. The summed E-state index contributed by atoms with van der Waals surface area (Å²) < 4.78 is 0. The highest BCUT2D eigenvalue weighted by molar-refractivity contribution is 5.79. The number of rotatable bonds is 2. The summed E-state index contributed by atoms with van der Waals surface area (Å²) in [6.45, 7) is 1.05. The van der Waals surface area contributed by atoms with Crippen LogP contribution in [0.25, 0.3) is 11.4 Å². The average Bonchev–Trinajstić information content (AvgIpc) is 2.53. The second-order valence-electron chi connectivity index (χ2n) is 6.34. The maximum absolute atomic E-state index is 12.4. The minimum atomic E-state index is -0.125. The molecule has 5 heteroatoms. The molecule has 1 fully saturated rings. The van der Waals surface area contributed by atoms with Crippen molar-refractivity contribution in [2.75, 3.05) is 6.54 Å². The third-order valence-corrected chi connectivity index (χ3v) is 4.88. The van der Waals surface area contributed by atoms with Crippen molar-refractivity contribution in [1.82, 2.24) is 14.9 Å². The largest absolute Gasteiger partial charge is 0.337 e. The van der Waals surface area contributed by atoms with Gasteiger partial charge >= 0.3 is 0 Å². The van der Waals surface area contributed by atoms with E-state index in [1.54, 1.807) is 0 Å². The van der Waals surface area contributed by atoms with Crippen molar-refractivity contribution in [2.24, 2.45) is 5.92 Å². The number of H-pyrrole nitrogens is 1. The van der Waals surface area contributed by atoms with Crippen molar-refractivity contribution in [1.29, 1.82) is 0 Å². The van der Waals surface area contributed by atoms with E-state index in [9.17, 15) is 9.59 Å². The Balaban J connectivity index is 1.63. The molecule has 1 N–H and O–H groups in total.